The molecule has 1 aromatic rings. The lowest BCUT2D eigenvalue weighted by atomic mass is 9.90. The maximum absolute atomic E-state index is 6.20. The summed E-state index contributed by atoms with van der Waals surface area (Å²) in [6.07, 6.45) is 3.25. The molecule has 0 saturated carbocycles. The molecule has 0 aliphatic carbocycles. The normalized spacial score (nSPS) is 19.6. The molecule has 0 spiro atoms. The maximum Gasteiger partial charge on any atom is 0.0468 e. The van der Waals surface area contributed by atoms with E-state index in [1.165, 1.54) is 0 Å². The first kappa shape index (κ1) is 11.9. The molecule has 0 aromatic heterocycles. The summed E-state index contributed by atoms with van der Waals surface area (Å²) in [7, 11) is 0. The Labute approximate surface area is 102 Å². The van der Waals surface area contributed by atoms with Gasteiger partial charge in [-0.3, -0.25) is 0 Å². The van der Waals surface area contributed by atoms with Crippen LogP contribution in [0.2, 0.25) is 5.02 Å². The molecule has 1 unspecified atom stereocenters. The van der Waals surface area contributed by atoms with Crippen molar-refractivity contribution in [2.24, 2.45) is 11.7 Å². The first-order valence-electron chi connectivity index (χ1n) is 5.85. The highest BCUT2D eigenvalue weighted by molar-refractivity contribution is 6.31. The second-order valence-corrected chi connectivity index (χ2v) is 4.83. The van der Waals surface area contributed by atoms with Crippen molar-refractivity contribution in [3.05, 3.63) is 34.9 Å². The zero-order chi connectivity index (χ0) is 11.4. The van der Waals surface area contributed by atoms with E-state index in [9.17, 15) is 0 Å². The fourth-order valence-corrected chi connectivity index (χ4v) is 2.52. The summed E-state index contributed by atoms with van der Waals surface area (Å²) in [6, 6.07) is 7.90. The Morgan fingerprint density at radius 2 is 2.00 bits per heavy atom. The van der Waals surface area contributed by atoms with Gasteiger partial charge in [0.1, 0.15) is 0 Å². The van der Waals surface area contributed by atoms with Gasteiger partial charge in [-0.2, -0.15) is 0 Å². The van der Waals surface area contributed by atoms with Gasteiger partial charge in [-0.1, -0.05) is 29.8 Å². The van der Waals surface area contributed by atoms with Crippen LogP contribution in [0.5, 0.6) is 0 Å². The van der Waals surface area contributed by atoms with Crippen LogP contribution in [-0.4, -0.2) is 13.2 Å². The molecule has 0 bridgehead atoms. The Bertz CT molecular complexity index is 336. The number of hydrogen-bond donors (Lipinski definition) is 1. The van der Waals surface area contributed by atoms with E-state index in [-0.39, 0.29) is 6.04 Å². The molecule has 1 aliphatic rings. The van der Waals surface area contributed by atoms with Gasteiger partial charge in [0.05, 0.1) is 0 Å². The monoisotopic (exact) mass is 239 g/mol. The van der Waals surface area contributed by atoms with Crippen molar-refractivity contribution in [1.82, 2.24) is 0 Å². The molecule has 3 heteroatoms. The Morgan fingerprint density at radius 1 is 1.31 bits per heavy atom. The molecule has 1 aliphatic heterocycles. The Kier molecular flexibility index (Phi) is 4.22. The molecule has 16 heavy (non-hydrogen) atoms. The van der Waals surface area contributed by atoms with Gasteiger partial charge in [-0.25, -0.2) is 0 Å². The zero-order valence-electron chi connectivity index (χ0n) is 9.36. The second kappa shape index (κ2) is 5.67. The quantitative estimate of drug-likeness (QED) is 0.880. The lowest BCUT2D eigenvalue weighted by molar-refractivity contribution is 0.0618. The van der Waals surface area contributed by atoms with E-state index in [0.717, 1.165) is 43.1 Å². The fourth-order valence-electron chi connectivity index (χ4n) is 2.24. The van der Waals surface area contributed by atoms with Crippen molar-refractivity contribution in [2.75, 3.05) is 13.2 Å². The van der Waals surface area contributed by atoms with Crippen LogP contribution >= 0.6 is 11.6 Å². The highest BCUT2D eigenvalue weighted by Gasteiger charge is 2.19. The fraction of sp³-hybridized carbons (Fsp3) is 0.538. The Balaban J connectivity index is 1.96. The molecule has 1 aromatic carbocycles. The predicted molar refractivity (Wildman–Crippen MR) is 66.5 cm³/mol. The first-order chi connectivity index (χ1) is 7.77. The van der Waals surface area contributed by atoms with Gasteiger partial charge in [0, 0.05) is 24.3 Å². The molecule has 2 nitrogen and oxygen atoms in total. The summed E-state index contributed by atoms with van der Waals surface area (Å²) >= 11 is 6.13. The third kappa shape index (κ3) is 2.97. The van der Waals surface area contributed by atoms with E-state index in [4.69, 9.17) is 22.1 Å². The van der Waals surface area contributed by atoms with E-state index in [1.54, 1.807) is 0 Å². The number of nitrogens with two attached hydrogens (primary N) is 1. The highest BCUT2D eigenvalue weighted by Crippen LogP contribution is 2.29. The summed E-state index contributed by atoms with van der Waals surface area (Å²) in [5.74, 6) is 0.681. The van der Waals surface area contributed by atoms with Gasteiger partial charge >= 0.3 is 0 Å². The predicted octanol–water partition coefficient (Wildman–Crippen LogP) is 3.16. The number of hydrogen-bond acceptors (Lipinski definition) is 2. The lowest BCUT2D eigenvalue weighted by Gasteiger charge is -2.25. The first-order valence-corrected chi connectivity index (χ1v) is 6.23. The van der Waals surface area contributed by atoms with E-state index < -0.39 is 0 Å². The number of benzene rings is 1. The minimum atomic E-state index is 0.0526. The molecule has 0 amide bonds. The largest absolute Gasteiger partial charge is 0.381 e. The standard InChI is InChI=1S/C13H18ClNO/c14-12-4-2-1-3-11(12)13(15)9-10-5-7-16-8-6-10/h1-4,10,13H,5-9,15H2. The van der Waals surface area contributed by atoms with Gasteiger partial charge in [-0.05, 0) is 36.8 Å². The summed E-state index contributed by atoms with van der Waals surface area (Å²) in [4.78, 5) is 0. The average molecular weight is 240 g/mol. The highest BCUT2D eigenvalue weighted by atomic mass is 35.5. The molecule has 2 N–H and O–H groups in total. The van der Waals surface area contributed by atoms with Crippen LogP contribution in [-0.2, 0) is 4.74 Å². The Hall–Kier alpha value is -0.570. The van der Waals surface area contributed by atoms with Gasteiger partial charge < -0.3 is 10.5 Å². The molecule has 88 valence electrons. The summed E-state index contributed by atoms with van der Waals surface area (Å²) < 4.78 is 5.34. The van der Waals surface area contributed by atoms with Crippen LogP contribution in [0.4, 0.5) is 0 Å². The van der Waals surface area contributed by atoms with Crippen molar-refractivity contribution < 1.29 is 4.74 Å². The molecule has 1 fully saturated rings. The number of ether oxygens (including phenoxy) is 1. The molecule has 2 rings (SSSR count). The third-order valence-corrected chi connectivity index (χ3v) is 3.58. The second-order valence-electron chi connectivity index (χ2n) is 4.42. The van der Waals surface area contributed by atoms with Crippen molar-refractivity contribution in [3.8, 4) is 0 Å². The minimum absolute atomic E-state index is 0.0526. The van der Waals surface area contributed by atoms with E-state index in [2.05, 4.69) is 0 Å². The van der Waals surface area contributed by atoms with Crippen LogP contribution in [0.25, 0.3) is 0 Å². The molecular weight excluding hydrogens is 222 g/mol. The lowest BCUT2D eigenvalue weighted by Crippen LogP contribution is -2.21. The van der Waals surface area contributed by atoms with Crippen molar-refractivity contribution in [2.45, 2.75) is 25.3 Å². The van der Waals surface area contributed by atoms with Crippen LogP contribution in [0, 0.1) is 5.92 Å². The minimum Gasteiger partial charge on any atom is -0.381 e. The van der Waals surface area contributed by atoms with Gasteiger partial charge in [0.25, 0.3) is 0 Å². The van der Waals surface area contributed by atoms with Gasteiger partial charge in [0.15, 0.2) is 0 Å². The summed E-state index contributed by atoms with van der Waals surface area (Å²) in [5, 5.41) is 0.780. The molecule has 0 radical (unpaired) electrons. The van der Waals surface area contributed by atoms with E-state index in [0.29, 0.717) is 5.92 Å². The zero-order valence-corrected chi connectivity index (χ0v) is 10.1. The van der Waals surface area contributed by atoms with Gasteiger partial charge in [0.2, 0.25) is 0 Å². The van der Waals surface area contributed by atoms with Gasteiger partial charge in [-0.15, -0.1) is 0 Å². The van der Waals surface area contributed by atoms with Crippen molar-refractivity contribution in [1.29, 1.82) is 0 Å². The van der Waals surface area contributed by atoms with E-state index >= 15 is 0 Å². The number of halogens is 1. The molecule has 1 saturated heterocycles. The smallest absolute Gasteiger partial charge is 0.0468 e. The topological polar surface area (TPSA) is 35.2 Å². The average Bonchev–Trinajstić information content (AvgIpc) is 2.31. The van der Waals surface area contributed by atoms with Crippen LogP contribution in [0.15, 0.2) is 24.3 Å². The van der Waals surface area contributed by atoms with Crippen LogP contribution in [0.1, 0.15) is 30.9 Å². The van der Waals surface area contributed by atoms with Crippen LogP contribution < -0.4 is 5.73 Å². The van der Waals surface area contributed by atoms with E-state index in [1.807, 2.05) is 24.3 Å². The maximum atomic E-state index is 6.20. The molecule has 1 atom stereocenters. The van der Waals surface area contributed by atoms with Crippen molar-refractivity contribution in [3.63, 3.8) is 0 Å². The van der Waals surface area contributed by atoms with Crippen LogP contribution in [0.3, 0.4) is 0 Å². The Morgan fingerprint density at radius 3 is 2.69 bits per heavy atom. The molecule has 1 heterocycles. The number of rotatable bonds is 3. The molecular formula is C13H18ClNO. The SMILES string of the molecule is NC(CC1CCOCC1)c1ccccc1Cl. The third-order valence-electron chi connectivity index (χ3n) is 3.23. The summed E-state index contributed by atoms with van der Waals surface area (Å²) in [5.41, 5.74) is 7.27. The summed E-state index contributed by atoms with van der Waals surface area (Å²) in [6.45, 7) is 1.75. The van der Waals surface area contributed by atoms with Crippen molar-refractivity contribution >= 4 is 11.6 Å².